The van der Waals surface area contributed by atoms with Crippen molar-refractivity contribution >= 4 is 15.7 Å². The summed E-state index contributed by atoms with van der Waals surface area (Å²) in [5.41, 5.74) is 3.48. The fraction of sp³-hybridized carbons (Fsp3) is 0.278. The van der Waals surface area contributed by atoms with E-state index >= 15 is 0 Å². The Balaban J connectivity index is 2.39. The molecule has 5 nitrogen and oxygen atoms in total. The molecule has 0 saturated heterocycles. The Labute approximate surface area is 143 Å². The van der Waals surface area contributed by atoms with Gasteiger partial charge in [-0.05, 0) is 56.5 Å². The van der Waals surface area contributed by atoms with Gasteiger partial charge in [0.25, 0.3) is 10.0 Å². The highest BCUT2D eigenvalue weighted by atomic mass is 32.2. The quantitative estimate of drug-likeness (QED) is 0.643. The van der Waals surface area contributed by atoms with Gasteiger partial charge >= 0.3 is 0 Å². The van der Waals surface area contributed by atoms with E-state index in [9.17, 15) is 13.5 Å². The van der Waals surface area contributed by atoms with Crippen LogP contribution in [-0.4, -0.2) is 19.2 Å². The SMILES string of the molecule is CC/C(=N\NS(=O)(=O)c1cc(C)ccc1C)c1cc(C)ccc1O. The molecule has 0 unspecified atom stereocenters. The van der Waals surface area contributed by atoms with Gasteiger partial charge in [0.15, 0.2) is 0 Å². The van der Waals surface area contributed by atoms with Crippen molar-refractivity contribution in [2.75, 3.05) is 0 Å². The van der Waals surface area contributed by atoms with Crippen LogP contribution in [0.1, 0.15) is 35.6 Å². The van der Waals surface area contributed by atoms with E-state index in [0.29, 0.717) is 23.3 Å². The number of aromatic hydroxyl groups is 1. The lowest BCUT2D eigenvalue weighted by Crippen LogP contribution is -2.21. The molecule has 24 heavy (non-hydrogen) atoms. The second-order valence-corrected chi connectivity index (χ2v) is 7.43. The van der Waals surface area contributed by atoms with Crippen molar-refractivity contribution in [3.8, 4) is 5.75 Å². The molecule has 0 aliphatic heterocycles. The lowest BCUT2D eigenvalue weighted by molar-refractivity contribution is 0.473. The van der Waals surface area contributed by atoms with Crippen molar-refractivity contribution in [3.63, 3.8) is 0 Å². The highest BCUT2D eigenvalue weighted by Gasteiger charge is 2.17. The van der Waals surface area contributed by atoms with Crippen LogP contribution in [0.4, 0.5) is 0 Å². The Morgan fingerprint density at radius 3 is 2.38 bits per heavy atom. The van der Waals surface area contributed by atoms with E-state index in [-0.39, 0.29) is 10.6 Å². The summed E-state index contributed by atoms with van der Waals surface area (Å²) in [4.78, 5) is 2.49. The Morgan fingerprint density at radius 1 is 1.08 bits per heavy atom. The van der Waals surface area contributed by atoms with Crippen LogP contribution < -0.4 is 4.83 Å². The summed E-state index contributed by atoms with van der Waals surface area (Å²) in [5, 5.41) is 14.1. The van der Waals surface area contributed by atoms with Gasteiger partial charge in [-0.25, -0.2) is 0 Å². The van der Waals surface area contributed by atoms with Gasteiger partial charge in [0, 0.05) is 5.56 Å². The number of hydrazone groups is 1. The highest BCUT2D eigenvalue weighted by molar-refractivity contribution is 7.89. The first-order valence-corrected chi connectivity index (χ1v) is 9.18. The third-order valence-electron chi connectivity index (χ3n) is 3.73. The maximum absolute atomic E-state index is 12.5. The third kappa shape index (κ3) is 3.94. The van der Waals surface area contributed by atoms with Crippen molar-refractivity contribution in [3.05, 3.63) is 58.7 Å². The Hall–Kier alpha value is -2.34. The predicted octanol–water partition coefficient (Wildman–Crippen LogP) is 3.41. The zero-order valence-electron chi connectivity index (χ0n) is 14.3. The topological polar surface area (TPSA) is 78.8 Å². The minimum Gasteiger partial charge on any atom is -0.507 e. The van der Waals surface area contributed by atoms with E-state index in [1.54, 1.807) is 37.3 Å². The summed E-state index contributed by atoms with van der Waals surface area (Å²) in [6.07, 6.45) is 0.479. The number of benzene rings is 2. The van der Waals surface area contributed by atoms with Gasteiger partial charge in [0.1, 0.15) is 5.75 Å². The third-order valence-corrected chi connectivity index (χ3v) is 5.08. The maximum Gasteiger partial charge on any atom is 0.276 e. The Morgan fingerprint density at radius 2 is 1.71 bits per heavy atom. The largest absolute Gasteiger partial charge is 0.507 e. The zero-order chi connectivity index (χ0) is 17.9. The summed E-state index contributed by atoms with van der Waals surface area (Å²) < 4.78 is 25.1. The van der Waals surface area contributed by atoms with Gasteiger partial charge in [0.05, 0.1) is 10.6 Å². The molecule has 0 heterocycles. The van der Waals surface area contributed by atoms with Gasteiger partial charge in [-0.15, -0.1) is 0 Å². The number of aryl methyl sites for hydroxylation is 3. The Kier molecular flexibility index (Phi) is 5.29. The van der Waals surface area contributed by atoms with E-state index in [1.165, 1.54) is 0 Å². The number of sulfonamides is 1. The average Bonchev–Trinajstić information content (AvgIpc) is 2.53. The molecule has 2 aromatic rings. The van der Waals surface area contributed by atoms with Crippen LogP contribution in [0.5, 0.6) is 5.75 Å². The van der Waals surface area contributed by atoms with Crippen molar-refractivity contribution in [1.82, 2.24) is 4.83 Å². The predicted molar refractivity (Wildman–Crippen MR) is 95.9 cm³/mol. The van der Waals surface area contributed by atoms with Gasteiger partial charge in [-0.2, -0.15) is 18.4 Å². The van der Waals surface area contributed by atoms with Crippen LogP contribution in [0.15, 0.2) is 46.4 Å². The number of nitrogens with zero attached hydrogens (tertiary/aromatic N) is 1. The molecule has 0 aromatic heterocycles. The van der Waals surface area contributed by atoms with E-state index < -0.39 is 10.0 Å². The first-order valence-electron chi connectivity index (χ1n) is 7.70. The number of phenolic OH excluding ortho intramolecular Hbond substituents is 1. The summed E-state index contributed by atoms with van der Waals surface area (Å²) in [7, 11) is -3.77. The van der Waals surface area contributed by atoms with Crippen LogP contribution in [-0.2, 0) is 10.0 Å². The number of hydrogen-bond donors (Lipinski definition) is 2. The van der Waals surface area contributed by atoms with Crippen LogP contribution in [0, 0.1) is 20.8 Å². The van der Waals surface area contributed by atoms with Crippen molar-refractivity contribution < 1.29 is 13.5 Å². The van der Waals surface area contributed by atoms with E-state index in [1.807, 2.05) is 26.8 Å². The molecule has 2 aromatic carbocycles. The monoisotopic (exact) mass is 346 g/mol. The van der Waals surface area contributed by atoms with Gasteiger partial charge in [-0.1, -0.05) is 30.7 Å². The smallest absolute Gasteiger partial charge is 0.276 e. The summed E-state index contributed by atoms with van der Waals surface area (Å²) in [6.45, 7) is 7.33. The Bertz CT molecular complexity index is 887. The first kappa shape index (κ1) is 18.0. The molecule has 6 heteroatoms. The lowest BCUT2D eigenvalue weighted by atomic mass is 10.0. The standard InChI is InChI=1S/C18H22N2O3S/c1-5-16(15-10-12(2)7-9-17(15)21)19-20-24(22,23)18-11-13(3)6-8-14(18)4/h6-11,20-21H,5H2,1-4H3/b19-16+. The molecule has 0 bridgehead atoms. The molecular weight excluding hydrogens is 324 g/mol. The van der Waals surface area contributed by atoms with Gasteiger partial charge in [-0.3, -0.25) is 0 Å². The van der Waals surface area contributed by atoms with Crippen LogP contribution in [0.25, 0.3) is 0 Å². The van der Waals surface area contributed by atoms with E-state index in [4.69, 9.17) is 0 Å². The molecule has 0 atom stereocenters. The number of phenols is 1. The molecule has 128 valence electrons. The molecule has 0 saturated carbocycles. The molecule has 2 rings (SSSR count). The average molecular weight is 346 g/mol. The van der Waals surface area contributed by atoms with Crippen molar-refractivity contribution in [2.45, 2.75) is 39.0 Å². The minimum atomic E-state index is -3.77. The first-order chi connectivity index (χ1) is 11.2. The second-order valence-electron chi connectivity index (χ2n) is 5.80. The molecule has 0 aliphatic rings. The van der Waals surface area contributed by atoms with Crippen molar-refractivity contribution in [1.29, 1.82) is 0 Å². The second kappa shape index (κ2) is 7.05. The van der Waals surface area contributed by atoms with Gasteiger partial charge in [0.2, 0.25) is 0 Å². The molecule has 0 aliphatic carbocycles. The fourth-order valence-corrected chi connectivity index (χ4v) is 3.53. The van der Waals surface area contributed by atoms with Crippen LogP contribution in [0.2, 0.25) is 0 Å². The maximum atomic E-state index is 12.5. The van der Waals surface area contributed by atoms with Gasteiger partial charge < -0.3 is 5.11 Å². The molecule has 0 amide bonds. The number of hydrogen-bond acceptors (Lipinski definition) is 4. The van der Waals surface area contributed by atoms with E-state index in [2.05, 4.69) is 9.93 Å². The highest BCUT2D eigenvalue weighted by Crippen LogP contribution is 2.21. The van der Waals surface area contributed by atoms with Crippen LogP contribution >= 0.6 is 0 Å². The molecule has 0 spiro atoms. The van der Waals surface area contributed by atoms with Crippen molar-refractivity contribution in [2.24, 2.45) is 5.10 Å². The number of rotatable bonds is 5. The molecular formula is C18H22N2O3S. The normalized spacial score (nSPS) is 12.2. The number of nitrogens with one attached hydrogen (secondary N) is 1. The van der Waals surface area contributed by atoms with Crippen LogP contribution in [0.3, 0.4) is 0 Å². The molecule has 2 N–H and O–H groups in total. The summed E-state index contributed by atoms with van der Waals surface area (Å²) >= 11 is 0. The molecule has 0 radical (unpaired) electrons. The molecule has 0 fully saturated rings. The summed E-state index contributed by atoms with van der Waals surface area (Å²) in [5.74, 6) is 0.0761. The minimum absolute atomic E-state index is 0.0761. The zero-order valence-corrected chi connectivity index (χ0v) is 15.1. The fourth-order valence-electron chi connectivity index (χ4n) is 2.37. The lowest BCUT2D eigenvalue weighted by Gasteiger charge is -2.11. The summed E-state index contributed by atoms with van der Waals surface area (Å²) in [6, 6.07) is 10.4. The van der Waals surface area contributed by atoms with E-state index in [0.717, 1.165) is 11.1 Å².